The highest BCUT2D eigenvalue weighted by Crippen LogP contribution is 2.25. The number of hydrogen-bond donors (Lipinski definition) is 2. The van der Waals surface area contributed by atoms with E-state index >= 15 is 0 Å². The summed E-state index contributed by atoms with van der Waals surface area (Å²) in [5.41, 5.74) is 5.85. The van der Waals surface area contributed by atoms with Crippen molar-refractivity contribution >= 4 is 5.91 Å². The van der Waals surface area contributed by atoms with E-state index in [9.17, 15) is 4.79 Å². The van der Waals surface area contributed by atoms with Crippen LogP contribution in [0.4, 0.5) is 0 Å². The van der Waals surface area contributed by atoms with Crippen molar-refractivity contribution in [3.8, 4) is 0 Å². The van der Waals surface area contributed by atoms with Crippen LogP contribution in [0.5, 0.6) is 0 Å². The maximum Gasteiger partial charge on any atom is 0.237 e. The number of carbonyl (C=O) groups excluding carboxylic acids is 1. The Hall–Kier alpha value is -0.610. The minimum absolute atomic E-state index is 0.00273. The number of carbonyl (C=O) groups is 1. The first-order chi connectivity index (χ1) is 9.12. The second kappa shape index (κ2) is 8.54. The molecule has 1 aliphatic heterocycles. The summed E-state index contributed by atoms with van der Waals surface area (Å²) in [5, 5.41) is 3.09. The van der Waals surface area contributed by atoms with Gasteiger partial charge < -0.3 is 15.8 Å². The van der Waals surface area contributed by atoms with Gasteiger partial charge in [0.05, 0.1) is 12.1 Å². The molecule has 0 aromatic heterocycles. The van der Waals surface area contributed by atoms with E-state index in [0.29, 0.717) is 5.92 Å². The van der Waals surface area contributed by atoms with Crippen LogP contribution in [0.1, 0.15) is 59.3 Å². The Morgan fingerprint density at radius 3 is 2.63 bits per heavy atom. The van der Waals surface area contributed by atoms with Gasteiger partial charge in [0.1, 0.15) is 0 Å². The molecule has 1 rings (SSSR count). The van der Waals surface area contributed by atoms with E-state index in [0.717, 1.165) is 45.1 Å². The van der Waals surface area contributed by atoms with Crippen molar-refractivity contribution in [2.24, 2.45) is 11.7 Å². The van der Waals surface area contributed by atoms with E-state index in [1.54, 1.807) is 0 Å². The average molecular weight is 270 g/mol. The number of hydrogen-bond acceptors (Lipinski definition) is 3. The number of ether oxygens (including phenoxy) is 1. The van der Waals surface area contributed by atoms with E-state index in [1.165, 1.54) is 0 Å². The first-order valence-corrected chi connectivity index (χ1v) is 7.79. The number of rotatable bonds is 7. The second-order valence-corrected chi connectivity index (χ2v) is 5.61. The zero-order valence-electron chi connectivity index (χ0n) is 12.7. The molecule has 3 N–H and O–H groups in total. The minimum Gasteiger partial charge on any atom is -0.378 e. The lowest BCUT2D eigenvalue weighted by atomic mass is 9.89. The Labute approximate surface area is 117 Å². The number of nitrogens with two attached hydrogens (primary N) is 1. The molecule has 0 bridgehead atoms. The van der Waals surface area contributed by atoms with Gasteiger partial charge >= 0.3 is 0 Å². The van der Waals surface area contributed by atoms with Crippen LogP contribution in [0.15, 0.2) is 0 Å². The van der Waals surface area contributed by atoms with Gasteiger partial charge in [-0.15, -0.1) is 0 Å². The van der Waals surface area contributed by atoms with Crippen LogP contribution in [0.3, 0.4) is 0 Å². The third-order valence-electron chi connectivity index (χ3n) is 4.17. The maximum atomic E-state index is 11.9. The summed E-state index contributed by atoms with van der Waals surface area (Å²) in [6, 6.07) is -0.130. The maximum absolute atomic E-state index is 11.9. The minimum atomic E-state index is -0.362. The molecule has 19 heavy (non-hydrogen) atoms. The van der Waals surface area contributed by atoms with Crippen molar-refractivity contribution in [1.29, 1.82) is 0 Å². The fraction of sp³-hybridized carbons (Fsp3) is 0.933. The zero-order valence-corrected chi connectivity index (χ0v) is 12.7. The van der Waals surface area contributed by atoms with Crippen LogP contribution in [0.25, 0.3) is 0 Å². The smallest absolute Gasteiger partial charge is 0.237 e. The zero-order chi connectivity index (χ0) is 14.3. The Morgan fingerprint density at radius 2 is 2.05 bits per heavy atom. The molecule has 4 heteroatoms. The molecule has 0 aromatic rings. The average Bonchev–Trinajstić information content (AvgIpc) is 2.41. The van der Waals surface area contributed by atoms with Crippen molar-refractivity contribution in [3.63, 3.8) is 0 Å². The standard InChI is InChI=1S/C15H30N2O2/c1-4-7-13(16)15(18)17-12-8-9-19-14(10-12)11(5-2)6-3/h11-14H,4-10,16H2,1-3H3,(H,17,18). The molecule has 0 aliphatic carbocycles. The highest BCUT2D eigenvalue weighted by Gasteiger charge is 2.29. The van der Waals surface area contributed by atoms with E-state index < -0.39 is 0 Å². The van der Waals surface area contributed by atoms with Crippen molar-refractivity contribution in [2.45, 2.75) is 77.5 Å². The molecule has 0 radical (unpaired) electrons. The number of nitrogens with one attached hydrogen (secondary N) is 1. The quantitative estimate of drug-likeness (QED) is 0.745. The van der Waals surface area contributed by atoms with Crippen LogP contribution in [-0.4, -0.2) is 30.7 Å². The predicted molar refractivity (Wildman–Crippen MR) is 77.9 cm³/mol. The van der Waals surface area contributed by atoms with Gasteiger partial charge in [-0.3, -0.25) is 4.79 Å². The third-order valence-corrected chi connectivity index (χ3v) is 4.17. The Kier molecular flexibility index (Phi) is 7.39. The lowest BCUT2D eigenvalue weighted by Gasteiger charge is -2.34. The molecule has 3 unspecified atom stereocenters. The lowest BCUT2D eigenvalue weighted by Crippen LogP contribution is -2.49. The van der Waals surface area contributed by atoms with Crippen LogP contribution in [0.2, 0.25) is 0 Å². The van der Waals surface area contributed by atoms with E-state index in [4.69, 9.17) is 10.5 Å². The summed E-state index contributed by atoms with van der Waals surface area (Å²) in [4.78, 5) is 11.9. The van der Waals surface area contributed by atoms with Crippen molar-refractivity contribution in [3.05, 3.63) is 0 Å². The first-order valence-electron chi connectivity index (χ1n) is 7.79. The molecule has 1 amide bonds. The fourth-order valence-corrected chi connectivity index (χ4v) is 2.85. The molecule has 4 nitrogen and oxygen atoms in total. The van der Waals surface area contributed by atoms with E-state index in [-0.39, 0.29) is 24.1 Å². The van der Waals surface area contributed by atoms with Crippen LogP contribution in [-0.2, 0) is 9.53 Å². The predicted octanol–water partition coefficient (Wildman–Crippen LogP) is 2.21. The topological polar surface area (TPSA) is 64.4 Å². The van der Waals surface area contributed by atoms with Crippen LogP contribution < -0.4 is 11.1 Å². The SMILES string of the molecule is CCCC(N)C(=O)NC1CCOC(C(CC)CC)C1. The molecular weight excluding hydrogens is 240 g/mol. The lowest BCUT2D eigenvalue weighted by molar-refractivity contribution is -0.124. The molecule has 1 saturated heterocycles. The molecule has 0 saturated carbocycles. The van der Waals surface area contributed by atoms with Crippen molar-refractivity contribution < 1.29 is 9.53 Å². The number of amides is 1. The summed E-state index contributed by atoms with van der Waals surface area (Å²) < 4.78 is 5.86. The first kappa shape index (κ1) is 16.4. The Morgan fingerprint density at radius 1 is 1.37 bits per heavy atom. The Bertz CT molecular complexity index is 267. The molecule has 1 heterocycles. The van der Waals surface area contributed by atoms with Gasteiger partial charge in [-0.05, 0) is 25.2 Å². The highest BCUT2D eigenvalue weighted by atomic mass is 16.5. The van der Waals surface area contributed by atoms with E-state index in [2.05, 4.69) is 19.2 Å². The summed E-state index contributed by atoms with van der Waals surface area (Å²) in [6.07, 6.45) is 6.09. The van der Waals surface area contributed by atoms with Gasteiger partial charge in [-0.1, -0.05) is 40.0 Å². The largest absolute Gasteiger partial charge is 0.378 e. The van der Waals surface area contributed by atoms with Gasteiger partial charge in [0, 0.05) is 12.6 Å². The summed E-state index contributed by atoms with van der Waals surface area (Å²) in [5.74, 6) is 0.598. The second-order valence-electron chi connectivity index (χ2n) is 5.61. The normalized spacial score (nSPS) is 25.3. The summed E-state index contributed by atoms with van der Waals surface area (Å²) in [6.45, 7) is 7.20. The molecule has 1 fully saturated rings. The Balaban J connectivity index is 2.44. The van der Waals surface area contributed by atoms with Crippen molar-refractivity contribution in [1.82, 2.24) is 5.32 Å². The third kappa shape index (κ3) is 5.11. The summed E-state index contributed by atoms with van der Waals surface area (Å²) in [7, 11) is 0. The highest BCUT2D eigenvalue weighted by molar-refractivity contribution is 5.81. The molecule has 112 valence electrons. The fourth-order valence-electron chi connectivity index (χ4n) is 2.85. The monoisotopic (exact) mass is 270 g/mol. The van der Waals surface area contributed by atoms with Gasteiger partial charge in [-0.2, -0.15) is 0 Å². The van der Waals surface area contributed by atoms with Crippen molar-refractivity contribution in [2.75, 3.05) is 6.61 Å². The molecule has 0 aromatic carbocycles. The molecular formula is C15H30N2O2. The van der Waals surface area contributed by atoms with Gasteiger partial charge in [0.2, 0.25) is 5.91 Å². The molecule has 3 atom stereocenters. The molecule has 1 aliphatic rings. The van der Waals surface area contributed by atoms with Gasteiger partial charge in [0.25, 0.3) is 0 Å². The molecule has 0 spiro atoms. The van der Waals surface area contributed by atoms with Crippen LogP contribution in [0, 0.1) is 5.92 Å². The van der Waals surface area contributed by atoms with E-state index in [1.807, 2.05) is 6.92 Å². The summed E-state index contributed by atoms with van der Waals surface area (Å²) >= 11 is 0. The van der Waals surface area contributed by atoms with Gasteiger partial charge in [0.15, 0.2) is 0 Å². The van der Waals surface area contributed by atoms with Gasteiger partial charge in [-0.25, -0.2) is 0 Å². The van der Waals surface area contributed by atoms with Crippen LogP contribution >= 0.6 is 0 Å².